The van der Waals surface area contributed by atoms with Crippen molar-refractivity contribution in [1.29, 1.82) is 0 Å². The predicted molar refractivity (Wildman–Crippen MR) is 375 cm³/mol. The van der Waals surface area contributed by atoms with E-state index in [2.05, 4.69) is 111 Å². The first kappa shape index (κ1) is 83.6. The lowest BCUT2D eigenvalue weighted by molar-refractivity contribution is -0.305. The molecule has 514 valence electrons. The van der Waals surface area contributed by atoms with E-state index < -0.39 is 67.4 Å². The fourth-order valence-corrected chi connectivity index (χ4v) is 11.1. The van der Waals surface area contributed by atoms with Gasteiger partial charge < -0.3 is 45.1 Å². The van der Waals surface area contributed by atoms with E-state index in [0.717, 1.165) is 116 Å². The Morgan fingerprint density at radius 3 is 1.18 bits per heavy atom. The second kappa shape index (κ2) is 64.7. The molecule has 11 nitrogen and oxygen atoms in total. The van der Waals surface area contributed by atoms with Crippen LogP contribution < -0.4 is 5.32 Å². The maximum Gasteiger partial charge on any atom is 0.306 e. The number of esters is 1. The second-order valence-corrected chi connectivity index (χ2v) is 25.3. The van der Waals surface area contributed by atoms with E-state index in [-0.39, 0.29) is 19.4 Å². The van der Waals surface area contributed by atoms with Crippen molar-refractivity contribution in [2.24, 2.45) is 0 Å². The molecule has 1 aliphatic rings. The zero-order chi connectivity index (χ0) is 64.6. The quantitative estimate of drug-likeness (QED) is 0.0195. The molecule has 6 N–H and O–H groups in total. The molecule has 1 rings (SSSR count). The van der Waals surface area contributed by atoms with Crippen molar-refractivity contribution in [3.63, 3.8) is 0 Å². The van der Waals surface area contributed by atoms with E-state index in [1.807, 2.05) is 6.08 Å². The number of nitrogens with one attached hydrogen (secondary N) is 1. The molecule has 89 heavy (non-hydrogen) atoms. The fourth-order valence-electron chi connectivity index (χ4n) is 11.1. The Kier molecular flexibility index (Phi) is 60.7. The van der Waals surface area contributed by atoms with Crippen LogP contribution in [0.2, 0.25) is 0 Å². The normalized spacial score (nSPS) is 18.7. The van der Waals surface area contributed by atoms with Gasteiger partial charge in [-0.25, -0.2) is 0 Å². The third-order valence-electron chi connectivity index (χ3n) is 17.0. The van der Waals surface area contributed by atoms with Crippen LogP contribution in [-0.4, -0.2) is 99.6 Å². The van der Waals surface area contributed by atoms with Gasteiger partial charge in [0.25, 0.3) is 0 Å². The van der Waals surface area contributed by atoms with Gasteiger partial charge in [-0.05, 0) is 109 Å². The van der Waals surface area contributed by atoms with E-state index in [1.54, 1.807) is 6.08 Å². The molecule has 11 heteroatoms. The highest BCUT2D eigenvalue weighted by Crippen LogP contribution is 2.26. The number of hydrogen-bond donors (Lipinski definition) is 6. The Balaban J connectivity index is 2.54. The molecule has 0 aromatic carbocycles. The zero-order valence-electron chi connectivity index (χ0n) is 57.3. The summed E-state index contributed by atoms with van der Waals surface area (Å²) >= 11 is 0. The Hall–Kier alpha value is -3.42. The molecular weight excluding hydrogens is 1110 g/mol. The number of ether oxygens (including phenoxy) is 3. The number of rotatable bonds is 63. The fraction of sp³-hybridized carbons (Fsp3) is 0.769. The molecule has 0 spiro atoms. The van der Waals surface area contributed by atoms with Crippen molar-refractivity contribution in [3.05, 3.63) is 97.2 Å². The van der Waals surface area contributed by atoms with Crippen molar-refractivity contribution < 1.29 is 49.3 Å². The summed E-state index contributed by atoms with van der Waals surface area (Å²) in [6, 6.07) is -1.03. The third-order valence-corrected chi connectivity index (χ3v) is 17.0. The number of hydrogen-bond acceptors (Lipinski definition) is 10. The number of carbonyl (C=O) groups is 2. The number of aliphatic hydroxyl groups is 5. The summed E-state index contributed by atoms with van der Waals surface area (Å²) in [7, 11) is 0. The molecular formula is C78H137NO10. The van der Waals surface area contributed by atoms with E-state index in [4.69, 9.17) is 14.2 Å². The molecule has 0 radical (unpaired) electrons. The van der Waals surface area contributed by atoms with Gasteiger partial charge >= 0.3 is 5.97 Å². The minimum Gasteiger partial charge on any atom is -0.454 e. The molecule has 0 aromatic rings. The van der Waals surface area contributed by atoms with Gasteiger partial charge in [-0.3, -0.25) is 9.59 Å². The second-order valence-electron chi connectivity index (χ2n) is 25.3. The summed E-state index contributed by atoms with van der Waals surface area (Å²) in [6.07, 6.45) is 77.3. The molecule has 1 saturated heterocycles. The van der Waals surface area contributed by atoms with Gasteiger partial charge in [-0.2, -0.15) is 0 Å². The van der Waals surface area contributed by atoms with E-state index in [0.29, 0.717) is 12.8 Å². The van der Waals surface area contributed by atoms with Crippen LogP contribution in [0.25, 0.3) is 0 Å². The van der Waals surface area contributed by atoms with Crippen LogP contribution in [-0.2, 0) is 23.8 Å². The molecule has 0 saturated carbocycles. The smallest absolute Gasteiger partial charge is 0.306 e. The van der Waals surface area contributed by atoms with Crippen molar-refractivity contribution >= 4 is 11.9 Å². The van der Waals surface area contributed by atoms with Gasteiger partial charge in [0.1, 0.15) is 24.4 Å². The number of aliphatic hydroxyl groups excluding tert-OH is 5. The maximum atomic E-state index is 13.5. The molecule has 8 unspecified atom stereocenters. The average Bonchev–Trinajstić information content (AvgIpc) is 1.97. The molecule has 0 bridgehead atoms. The highest BCUT2D eigenvalue weighted by atomic mass is 16.7. The van der Waals surface area contributed by atoms with E-state index in [9.17, 15) is 35.1 Å². The van der Waals surface area contributed by atoms with Crippen LogP contribution in [0.1, 0.15) is 323 Å². The molecule has 1 fully saturated rings. The third kappa shape index (κ3) is 51.7. The van der Waals surface area contributed by atoms with Gasteiger partial charge in [0.15, 0.2) is 12.4 Å². The minimum atomic E-state index is -1.62. The van der Waals surface area contributed by atoms with E-state index >= 15 is 0 Å². The molecule has 0 aromatic heterocycles. The number of unbranched alkanes of at least 4 members (excludes halogenated alkanes) is 35. The highest BCUT2D eigenvalue weighted by molar-refractivity contribution is 5.80. The summed E-state index contributed by atoms with van der Waals surface area (Å²) in [4.78, 5) is 26.7. The maximum absolute atomic E-state index is 13.5. The predicted octanol–water partition coefficient (Wildman–Crippen LogP) is 19.4. The number of allylic oxidation sites excluding steroid dienone is 15. The van der Waals surface area contributed by atoms with Gasteiger partial charge in [0, 0.05) is 6.42 Å². The molecule has 1 heterocycles. The Bertz CT molecular complexity index is 1820. The lowest BCUT2D eigenvalue weighted by atomic mass is 9.99. The average molecular weight is 1250 g/mol. The van der Waals surface area contributed by atoms with Crippen LogP contribution in [0.15, 0.2) is 97.2 Å². The van der Waals surface area contributed by atoms with Crippen LogP contribution in [0.5, 0.6) is 0 Å². The lowest BCUT2D eigenvalue weighted by Crippen LogP contribution is -2.61. The minimum absolute atomic E-state index is 0.108. The van der Waals surface area contributed by atoms with Gasteiger partial charge in [0.05, 0.1) is 25.4 Å². The number of carbonyl (C=O) groups excluding carboxylic acids is 2. The number of amides is 1. The van der Waals surface area contributed by atoms with Crippen LogP contribution in [0.3, 0.4) is 0 Å². The SMILES string of the molecule is CCCCC/C=C\C/C=C\C/C=C\C/C=C\CCCCCCCCCC(=O)OC1C(OCC(NC(=O)C(O)CCCCCCCCCCCCCCC/C=C\C/C=C\C/C=C\CCCCC)C(O)/C=C/CCCCCCCCCCC)OC(CO)C(O)C1O. The monoisotopic (exact) mass is 1250 g/mol. The van der Waals surface area contributed by atoms with E-state index in [1.165, 1.54) is 161 Å². The lowest BCUT2D eigenvalue weighted by Gasteiger charge is -2.41. The largest absolute Gasteiger partial charge is 0.454 e. The zero-order valence-corrected chi connectivity index (χ0v) is 57.3. The Morgan fingerprint density at radius 1 is 0.438 bits per heavy atom. The Labute approximate surface area is 546 Å². The highest BCUT2D eigenvalue weighted by Gasteiger charge is 2.47. The summed E-state index contributed by atoms with van der Waals surface area (Å²) < 4.78 is 17.7. The Morgan fingerprint density at radius 2 is 0.775 bits per heavy atom. The van der Waals surface area contributed by atoms with Gasteiger partial charge in [-0.15, -0.1) is 0 Å². The van der Waals surface area contributed by atoms with Crippen LogP contribution >= 0.6 is 0 Å². The van der Waals surface area contributed by atoms with Crippen molar-refractivity contribution in [3.8, 4) is 0 Å². The first-order valence-electron chi connectivity index (χ1n) is 37.0. The van der Waals surface area contributed by atoms with Crippen molar-refractivity contribution in [2.45, 2.75) is 372 Å². The standard InChI is InChI=1S/C78H137NO10/c1-4-7-10-13-16-19-22-24-26-28-30-32-34-35-36-38-39-41-43-45-47-50-53-56-59-62-65-71(82)77(86)79-69(70(81)64-61-58-55-52-49-21-18-15-12-9-6-3)68-87-78-76(75(85)74(84)72(67-80)88-78)89-73(83)66-63-60-57-54-51-48-46-44-42-40-37-33-31-29-27-25-23-20-17-14-11-8-5-2/h16-17,19-20,24-27,30-33,40,42,61,64,69-72,74-76,78,80-82,84-85H,4-15,18,21-23,28-29,34-39,41,43-60,62-63,65-68H2,1-3H3,(H,79,86)/b19-16-,20-17-,26-24-,27-25-,32-30-,33-31-,42-40-,64-61+. The van der Waals surface area contributed by atoms with Crippen LogP contribution in [0.4, 0.5) is 0 Å². The van der Waals surface area contributed by atoms with Crippen molar-refractivity contribution in [2.75, 3.05) is 13.2 Å². The molecule has 8 atom stereocenters. The van der Waals surface area contributed by atoms with Gasteiger partial charge in [-0.1, -0.05) is 304 Å². The molecule has 0 aliphatic carbocycles. The van der Waals surface area contributed by atoms with Crippen LogP contribution in [0, 0.1) is 0 Å². The summed E-state index contributed by atoms with van der Waals surface area (Å²) in [6.45, 7) is 5.75. The first-order chi connectivity index (χ1) is 43.7. The molecule has 1 amide bonds. The summed E-state index contributed by atoms with van der Waals surface area (Å²) in [5.41, 5.74) is 0. The van der Waals surface area contributed by atoms with Gasteiger partial charge in [0.2, 0.25) is 5.91 Å². The summed E-state index contributed by atoms with van der Waals surface area (Å²) in [5.74, 6) is -1.20. The topological polar surface area (TPSA) is 175 Å². The molecule has 1 aliphatic heterocycles. The summed E-state index contributed by atoms with van der Waals surface area (Å²) in [5, 5.41) is 57.3. The first-order valence-corrected chi connectivity index (χ1v) is 37.0. The van der Waals surface area contributed by atoms with Crippen molar-refractivity contribution in [1.82, 2.24) is 5.32 Å².